The van der Waals surface area contributed by atoms with Gasteiger partial charge in [-0.25, -0.2) is 0 Å². The molecule has 6 heteroatoms. The largest absolute Gasteiger partial charge is 0.496 e. The summed E-state index contributed by atoms with van der Waals surface area (Å²) >= 11 is 0. The summed E-state index contributed by atoms with van der Waals surface area (Å²) in [6.07, 6.45) is 0. The number of carbonyl (C=O) groups is 2. The highest BCUT2D eigenvalue weighted by atomic mass is 31.1. The Hall–Kier alpha value is -3.17. The third-order valence-electron chi connectivity index (χ3n) is 5.32. The Bertz CT molecular complexity index is 1160. The van der Waals surface area contributed by atoms with Gasteiger partial charge in [0.1, 0.15) is 17.1 Å². The first-order valence-corrected chi connectivity index (χ1v) is 11.2. The molecule has 3 aromatic rings. The fourth-order valence-corrected chi connectivity index (χ4v) is 5.52. The highest BCUT2D eigenvalue weighted by Gasteiger charge is 2.28. The molecule has 5 nitrogen and oxygen atoms in total. The average Bonchev–Trinajstić information content (AvgIpc) is 2.77. The Kier molecular flexibility index (Phi) is 6.77. The molecule has 0 fully saturated rings. The van der Waals surface area contributed by atoms with Crippen LogP contribution in [0.2, 0.25) is 0 Å². The van der Waals surface area contributed by atoms with Gasteiger partial charge < -0.3 is 14.0 Å². The molecule has 0 spiro atoms. The van der Waals surface area contributed by atoms with Crippen LogP contribution in [0.15, 0.2) is 54.6 Å². The van der Waals surface area contributed by atoms with Crippen LogP contribution in [0.3, 0.4) is 0 Å². The van der Waals surface area contributed by atoms with Gasteiger partial charge in [0, 0.05) is 16.4 Å². The van der Waals surface area contributed by atoms with E-state index < -0.39 is 13.3 Å². The zero-order valence-electron chi connectivity index (χ0n) is 18.2. The van der Waals surface area contributed by atoms with Gasteiger partial charge in [-0.15, -0.1) is 0 Å². The van der Waals surface area contributed by atoms with Crippen molar-refractivity contribution in [3.05, 3.63) is 88.0 Å². The van der Waals surface area contributed by atoms with Gasteiger partial charge in [-0.2, -0.15) is 0 Å². The molecule has 0 bridgehead atoms. The topological polar surface area (TPSA) is 69.7 Å². The Labute approximate surface area is 182 Å². The maximum atomic E-state index is 13.6. The zero-order chi connectivity index (χ0) is 22.7. The van der Waals surface area contributed by atoms with E-state index in [-0.39, 0.29) is 11.3 Å². The number of aryl methyl sites for hydroxylation is 2. The first-order chi connectivity index (χ1) is 14.8. The Morgan fingerprint density at radius 2 is 1.35 bits per heavy atom. The summed E-state index contributed by atoms with van der Waals surface area (Å²) in [5.74, 6) is 0.436. The molecule has 0 aromatic heterocycles. The van der Waals surface area contributed by atoms with Crippen LogP contribution < -0.4 is 14.8 Å². The molecule has 31 heavy (non-hydrogen) atoms. The second-order valence-corrected chi connectivity index (χ2v) is 8.89. The molecule has 1 atom stereocenters. The van der Waals surface area contributed by atoms with Crippen molar-refractivity contribution in [2.75, 3.05) is 14.2 Å². The minimum atomic E-state index is -2.98. The zero-order valence-corrected chi connectivity index (χ0v) is 19.2. The molecule has 0 aliphatic heterocycles. The number of rotatable bonds is 7. The van der Waals surface area contributed by atoms with Gasteiger partial charge in [-0.05, 0) is 49.6 Å². The van der Waals surface area contributed by atoms with Crippen molar-refractivity contribution < 1.29 is 23.6 Å². The van der Waals surface area contributed by atoms with Crippen molar-refractivity contribution in [1.29, 1.82) is 0 Å². The maximum Gasteiger partial charge on any atom is 0.230 e. The van der Waals surface area contributed by atoms with Crippen LogP contribution in [-0.2, 0) is 4.57 Å². The number of benzene rings is 3. The molecule has 1 unspecified atom stereocenters. The standard InChI is InChI=1S/C25H25O5P/c1-15-14-16(2)24(17(3)21(15)23(26)18-10-7-6-8-11-18)31(28)25(27)22-19(29-4)12-9-13-20(22)30-5/h6-14,31H,1-5H3. The van der Waals surface area contributed by atoms with Gasteiger partial charge in [0.2, 0.25) is 5.52 Å². The van der Waals surface area contributed by atoms with Crippen LogP contribution in [0.25, 0.3) is 0 Å². The number of ether oxygens (including phenoxy) is 2. The summed E-state index contributed by atoms with van der Waals surface area (Å²) in [7, 11) is -0.0830. The first kappa shape index (κ1) is 22.5. The lowest BCUT2D eigenvalue weighted by atomic mass is 9.93. The van der Waals surface area contributed by atoms with Crippen LogP contribution in [0.1, 0.15) is 43.0 Å². The number of methoxy groups -OCH3 is 2. The third kappa shape index (κ3) is 4.19. The second-order valence-electron chi connectivity index (χ2n) is 7.28. The second kappa shape index (κ2) is 9.32. The average molecular weight is 436 g/mol. The van der Waals surface area contributed by atoms with Gasteiger partial charge in [0.05, 0.1) is 14.2 Å². The van der Waals surface area contributed by atoms with Gasteiger partial charge in [0.25, 0.3) is 0 Å². The van der Waals surface area contributed by atoms with E-state index in [0.29, 0.717) is 39.1 Å². The van der Waals surface area contributed by atoms with Crippen LogP contribution >= 0.6 is 7.80 Å². The van der Waals surface area contributed by atoms with E-state index in [1.165, 1.54) is 14.2 Å². The van der Waals surface area contributed by atoms with E-state index in [9.17, 15) is 14.2 Å². The maximum absolute atomic E-state index is 13.6. The number of ketones is 1. The third-order valence-corrected chi connectivity index (χ3v) is 7.21. The van der Waals surface area contributed by atoms with Crippen LogP contribution in [0.5, 0.6) is 11.5 Å². The molecule has 160 valence electrons. The molecule has 3 aromatic carbocycles. The summed E-state index contributed by atoms with van der Waals surface area (Å²) in [5.41, 5.74) is 2.66. The molecule has 0 aliphatic rings. The van der Waals surface area contributed by atoms with Crippen molar-refractivity contribution >= 4 is 24.4 Å². The normalized spacial score (nSPS) is 11.6. The Morgan fingerprint density at radius 3 is 1.90 bits per heavy atom. The molecule has 0 amide bonds. The molecule has 0 heterocycles. The van der Waals surface area contributed by atoms with E-state index in [1.807, 2.05) is 19.1 Å². The lowest BCUT2D eigenvalue weighted by molar-refractivity contribution is 0.103. The predicted molar refractivity (Wildman–Crippen MR) is 123 cm³/mol. The van der Waals surface area contributed by atoms with Crippen LogP contribution in [0.4, 0.5) is 0 Å². The van der Waals surface area contributed by atoms with Crippen molar-refractivity contribution in [2.24, 2.45) is 0 Å². The molecular formula is C25H25O5P. The van der Waals surface area contributed by atoms with E-state index in [0.717, 1.165) is 5.56 Å². The summed E-state index contributed by atoms with van der Waals surface area (Å²) < 4.78 is 24.2. The summed E-state index contributed by atoms with van der Waals surface area (Å²) in [4.78, 5) is 26.5. The monoisotopic (exact) mass is 436 g/mol. The van der Waals surface area contributed by atoms with Gasteiger partial charge in [0.15, 0.2) is 13.6 Å². The molecule has 0 aliphatic carbocycles. The minimum Gasteiger partial charge on any atom is -0.496 e. The van der Waals surface area contributed by atoms with E-state index in [4.69, 9.17) is 9.47 Å². The Balaban J connectivity index is 2.15. The molecule has 0 N–H and O–H groups in total. The summed E-state index contributed by atoms with van der Waals surface area (Å²) in [6.45, 7) is 5.41. The highest BCUT2D eigenvalue weighted by Crippen LogP contribution is 2.39. The molecule has 0 radical (unpaired) electrons. The lowest BCUT2D eigenvalue weighted by Crippen LogP contribution is -2.18. The predicted octanol–water partition coefficient (Wildman–Crippen LogP) is 4.89. The summed E-state index contributed by atoms with van der Waals surface area (Å²) in [6, 6.07) is 15.7. The van der Waals surface area contributed by atoms with Crippen molar-refractivity contribution in [1.82, 2.24) is 0 Å². The quantitative estimate of drug-likeness (QED) is 0.390. The fraction of sp³-hybridized carbons (Fsp3) is 0.200. The van der Waals surface area contributed by atoms with E-state index >= 15 is 0 Å². The number of carbonyl (C=O) groups excluding carboxylic acids is 2. The molecule has 0 saturated heterocycles. The fourth-order valence-electron chi connectivity index (χ4n) is 3.92. The first-order valence-electron chi connectivity index (χ1n) is 9.82. The van der Waals surface area contributed by atoms with Crippen LogP contribution in [-0.4, -0.2) is 25.5 Å². The van der Waals surface area contributed by atoms with Crippen molar-refractivity contribution in [2.45, 2.75) is 20.8 Å². The molecule has 0 saturated carbocycles. The van der Waals surface area contributed by atoms with E-state index in [1.54, 1.807) is 56.3 Å². The van der Waals surface area contributed by atoms with Gasteiger partial charge in [-0.1, -0.05) is 42.5 Å². The molecule has 3 rings (SSSR count). The number of hydrogen-bond donors (Lipinski definition) is 0. The van der Waals surface area contributed by atoms with Crippen molar-refractivity contribution in [3.8, 4) is 11.5 Å². The Morgan fingerprint density at radius 1 is 0.774 bits per heavy atom. The highest BCUT2D eigenvalue weighted by molar-refractivity contribution is 7.71. The minimum absolute atomic E-state index is 0.145. The molecular weight excluding hydrogens is 411 g/mol. The number of hydrogen-bond acceptors (Lipinski definition) is 5. The van der Waals surface area contributed by atoms with Gasteiger partial charge >= 0.3 is 0 Å². The lowest BCUT2D eigenvalue weighted by Gasteiger charge is -2.18. The van der Waals surface area contributed by atoms with Crippen LogP contribution in [0, 0.1) is 20.8 Å². The van der Waals surface area contributed by atoms with Gasteiger partial charge in [-0.3, -0.25) is 9.59 Å². The van der Waals surface area contributed by atoms with E-state index in [2.05, 4.69) is 0 Å². The van der Waals surface area contributed by atoms with Crippen molar-refractivity contribution in [3.63, 3.8) is 0 Å². The SMILES string of the molecule is COc1cccc(OC)c1C(=O)[PH](=O)c1c(C)cc(C)c(C(=O)c2ccccc2)c1C. The summed E-state index contributed by atoms with van der Waals surface area (Å²) in [5, 5.41) is 0.410. The smallest absolute Gasteiger partial charge is 0.230 e.